The van der Waals surface area contributed by atoms with E-state index >= 15 is 0 Å². The van der Waals surface area contributed by atoms with Crippen molar-refractivity contribution in [2.24, 2.45) is 34.0 Å². The highest BCUT2D eigenvalue weighted by atomic mass is 16.6. The van der Waals surface area contributed by atoms with Crippen LogP contribution in [-0.2, 0) is 9.53 Å². The van der Waals surface area contributed by atoms with Crippen molar-refractivity contribution in [2.45, 2.75) is 50.7 Å². The molecule has 1 aromatic heterocycles. The SMILES string of the molecule is C=C1C(=O)[C@@]23C(CC[C@@H]1[C@H]2O)[C@@]12CO[C@]3(O)[C@@H](O)[C@@H]1C(C)(C)C=C[C@@H]2n1cc(-c2ccccc2)nn1. The van der Waals surface area contributed by atoms with Gasteiger partial charge in [-0.1, -0.05) is 68.1 Å². The number of aliphatic hydroxyl groups is 3. The third-order valence-electron chi connectivity index (χ3n) is 10.3. The van der Waals surface area contributed by atoms with Crippen LogP contribution in [0.2, 0.25) is 0 Å². The van der Waals surface area contributed by atoms with Gasteiger partial charge >= 0.3 is 0 Å². The number of hydrogen-bond donors (Lipinski definition) is 3. The van der Waals surface area contributed by atoms with E-state index in [9.17, 15) is 20.1 Å². The fourth-order valence-electron chi connectivity index (χ4n) is 8.96. The van der Waals surface area contributed by atoms with Crippen LogP contribution in [0.5, 0.6) is 0 Å². The van der Waals surface area contributed by atoms with E-state index < -0.39 is 58.0 Å². The molecule has 2 saturated heterocycles. The number of hydrogen-bond acceptors (Lipinski definition) is 7. The fourth-order valence-corrected chi connectivity index (χ4v) is 8.96. The summed E-state index contributed by atoms with van der Waals surface area (Å²) in [4.78, 5) is 13.9. The lowest BCUT2D eigenvalue weighted by Gasteiger charge is -2.74. The van der Waals surface area contributed by atoms with Gasteiger partial charge in [-0.15, -0.1) is 5.10 Å². The van der Waals surface area contributed by atoms with E-state index in [-0.39, 0.29) is 12.4 Å². The Morgan fingerprint density at radius 2 is 1.89 bits per heavy atom. The lowest BCUT2D eigenvalue weighted by Crippen LogP contribution is -2.84. The molecule has 5 fully saturated rings. The normalized spacial score (nSPS) is 46.0. The van der Waals surface area contributed by atoms with Crippen molar-refractivity contribution in [1.82, 2.24) is 15.0 Å². The number of allylic oxidation sites excluding steroid dienone is 2. The van der Waals surface area contributed by atoms with Crippen molar-refractivity contribution in [3.63, 3.8) is 0 Å². The molecule has 8 rings (SSSR count). The minimum absolute atomic E-state index is 0.133. The molecule has 6 aliphatic rings. The van der Waals surface area contributed by atoms with Gasteiger partial charge in [-0.05, 0) is 29.7 Å². The average molecular weight is 490 g/mol. The molecule has 0 radical (unpaired) electrons. The Morgan fingerprint density at radius 3 is 2.64 bits per heavy atom. The molecule has 2 aromatic rings. The van der Waals surface area contributed by atoms with Crippen LogP contribution < -0.4 is 0 Å². The van der Waals surface area contributed by atoms with Gasteiger partial charge in [-0.25, -0.2) is 4.68 Å². The summed E-state index contributed by atoms with van der Waals surface area (Å²) < 4.78 is 7.94. The van der Waals surface area contributed by atoms with Gasteiger partial charge in [0, 0.05) is 22.8 Å². The fraction of sp³-hybridized carbons (Fsp3) is 0.536. The van der Waals surface area contributed by atoms with Gasteiger partial charge in [-0.3, -0.25) is 4.79 Å². The first kappa shape index (κ1) is 22.5. The highest BCUT2D eigenvalue weighted by Gasteiger charge is 2.86. The molecule has 8 heteroatoms. The summed E-state index contributed by atoms with van der Waals surface area (Å²) in [7, 11) is 0. The number of ketones is 1. The molecule has 3 saturated carbocycles. The molecule has 36 heavy (non-hydrogen) atoms. The number of aliphatic hydroxyl groups excluding tert-OH is 2. The van der Waals surface area contributed by atoms with Crippen LogP contribution in [0.3, 0.4) is 0 Å². The molecule has 9 atom stereocenters. The summed E-state index contributed by atoms with van der Waals surface area (Å²) in [6, 6.07) is 9.38. The van der Waals surface area contributed by atoms with Gasteiger partial charge in [-0.2, -0.15) is 0 Å². The molecular formula is C28H31N3O5. The predicted octanol–water partition coefficient (Wildman–Crippen LogP) is 2.29. The minimum Gasteiger partial charge on any atom is -0.391 e. The van der Waals surface area contributed by atoms with Gasteiger partial charge in [0.25, 0.3) is 0 Å². The zero-order chi connectivity index (χ0) is 25.3. The highest BCUT2D eigenvalue weighted by molar-refractivity contribution is 6.05. The van der Waals surface area contributed by atoms with E-state index in [2.05, 4.69) is 29.0 Å². The number of Topliss-reactive ketones (excluding diaryl/α,β-unsaturated/α-hetero) is 1. The maximum atomic E-state index is 13.9. The average Bonchev–Trinajstić information content (AvgIpc) is 3.37. The molecule has 0 amide bonds. The van der Waals surface area contributed by atoms with Crippen molar-refractivity contribution in [1.29, 1.82) is 0 Å². The predicted molar refractivity (Wildman–Crippen MR) is 129 cm³/mol. The zero-order valence-electron chi connectivity index (χ0n) is 20.4. The van der Waals surface area contributed by atoms with Gasteiger partial charge in [0.05, 0.1) is 24.9 Å². The first-order chi connectivity index (χ1) is 17.1. The second-order valence-corrected chi connectivity index (χ2v) is 12.0. The summed E-state index contributed by atoms with van der Waals surface area (Å²) >= 11 is 0. The Hall–Kier alpha value is -2.65. The van der Waals surface area contributed by atoms with Gasteiger partial charge in [0.1, 0.15) is 17.2 Å². The van der Waals surface area contributed by atoms with Crippen molar-refractivity contribution in [2.75, 3.05) is 6.61 Å². The van der Waals surface area contributed by atoms with E-state index in [1.165, 1.54) is 0 Å². The molecule has 4 bridgehead atoms. The van der Waals surface area contributed by atoms with Gasteiger partial charge < -0.3 is 20.1 Å². The minimum atomic E-state index is -2.19. The Labute approximate surface area is 209 Å². The number of rotatable bonds is 2. The zero-order valence-corrected chi connectivity index (χ0v) is 20.4. The van der Waals surface area contributed by atoms with E-state index in [0.717, 1.165) is 11.3 Å². The Morgan fingerprint density at radius 1 is 1.14 bits per heavy atom. The number of carbonyl (C=O) groups is 1. The summed E-state index contributed by atoms with van der Waals surface area (Å²) in [5.74, 6) is -3.89. The van der Waals surface area contributed by atoms with Crippen molar-refractivity contribution in [3.8, 4) is 11.3 Å². The van der Waals surface area contributed by atoms with Crippen LogP contribution in [0.1, 0.15) is 32.7 Å². The Kier molecular flexibility index (Phi) is 4.26. The summed E-state index contributed by atoms with van der Waals surface area (Å²) in [5, 5.41) is 44.4. The molecular weight excluding hydrogens is 458 g/mol. The molecule has 188 valence electrons. The second-order valence-electron chi connectivity index (χ2n) is 12.0. The largest absolute Gasteiger partial charge is 0.391 e. The van der Waals surface area contributed by atoms with Crippen LogP contribution in [0.15, 0.2) is 60.8 Å². The van der Waals surface area contributed by atoms with Crippen LogP contribution in [0.4, 0.5) is 0 Å². The van der Waals surface area contributed by atoms with Crippen LogP contribution >= 0.6 is 0 Å². The molecule has 2 aliphatic heterocycles. The standard InChI is InChI=1S/C28H31N3O5/c1-15-17-9-10-19-26-14-36-28(35,27(19,22(15)32)23(17)33)24(34)21(26)25(2,3)12-11-20(26)31-13-18(29-30-31)16-7-5-4-6-8-16/h4-8,11-13,17,19-21,23-24,33-35H,1,9-10,14H2,2-3H3/t17-,19?,20-,21+,23+,24-,26+,27-,28+/m0/s1. The molecule has 2 spiro atoms. The lowest BCUT2D eigenvalue weighted by atomic mass is 9.36. The Bertz CT molecular complexity index is 1320. The molecule has 1 aromatic carbocycles. The monoisotopic (exact) mass is 489 g/mol. The van der Waals surface area contributed by atoms with Crippen molar-refractivity contribution >= 4 is 5.78 Å². The summed E-state index contributed by atoms with van der Waals surface area (Å²) in [6.07, 6.45) is 4.69. The first-order valence-corrected chi connectivity index (χ1v) is 12.7. The maximum Gasteiger partial charge on any atom is 0.208 e. The van der Waals surface area contributed by atoms with Crippen LogP contribution in [0.25, 0.3) is 11.3 Å². The number of carbonyl (C=O) groups excluding carboxylic acids is 1. The van der Waals surface area contributed by atoms with Crippen molar-refractivity contribution < 1.29 is 24.9 Å². The molecule has 8 nitrogen and oxygen atoms in total. The summed E-state index contributed by atoms with van der Waals surface area (Å²) in [6.45, 7) is 8.22. The molecule has 3 N–H and O–H groups in total. The molecule has 4 aliphatic carbocycles. The van der Waals surface area contributed by atoms with Crippen LogP contribution in [-0.4, -0.2) is 60.7 Å². The smallest absolute Gasteiger partial charge is 0.208 e. The second kappa shape index (κ2) is 6.81. The summed E-state index contributed by atoms with van der Waals surface area (Å²) in [5.41, 5.74) is -0.997. The third-order valence-corrected chi connectivity index (χ3v) is 10.3. The number of aromatic nitrogens is 3. The lowest BCUT2D eigenvalue weighted by molar-refractivity contribution is -0.447. The van der Waals surface area contributed by atoms with Crippen LogP contribution in [0, 0.1) is 34.0 Å². The first-order valence-electron chi connectivity index (χ1n) is 12.7. The van der Waals surface area contributed by atoms with Gasteiger partial charge in [0.15, 0.2) is 5.78 Å². The number of nitrogens with zero attached hydrogens (tertiary/aromatic N) is 3. The highest BCUT2D eigenvalue weighted by Crippen LogP contribution is 2.77. The maximum absolute atomic E-state index is 13.9. The van der Waals surface area contributed by atoms with Crippen molar-refractivity contribution in [3.05, 3.63) is 60.8 Å². The molecule has 3 heterocycles. The third kappa shape index (κ3) is 2.25. The van der Waals surface area contributed by atoms with E-state index in [4.69, 9.17) is 4.74 Å². The van der Waals surface area contributed by atoms with E-state index in [1.54, 1.807) is 4.68 Å². The van der Waals surface area contributed by atoms with E-state index in [1.807, 2.05) is 50.4 Å². The quantitative estimate of drug-likeness (QED) is 0.438. The number of benzene rings is 1. The van der Waals surface area contributed by atoms with E-state index in [0.29, 0.717) is 18.4 Å². The molecule has 1 unspecified atom stereocenters. The number of ether oxygens (including phenoxy) is 1. The van der Waals surface area contributed by atoms with Gasteiger partial charge in [0.2, 0.25) is 5.79 Å². The number of fused-ring (bicyclic) bond motifs is 2. The Balaban J connectivity index is 1.46. The topological polar surface area (TPSA) is 118 Å².